The molecule has 0 aliphatic carbocycles. The van der Waals surface area contributed by atoms with E-state index in [4.69, 9.17) is 25.8 Å². The van der Waals surface area contributed by atoms with Crippen LogP contribution in [0.3, 0.4) is 0 Å². The molecule has 0 spiro atoms. The lowest BCUT2D eigenvalue weighted by Gasteiger charge is -2.30. The minimum absolute atomic E-state index is 0.0940. The summed E-state index contributed by atoms with van der Waals surface area (Å²) in [4.78, 5) is 10.9. The summed E-state index contributed by atoms with van der Waals surface area (Å²) < 4.78 is 31.4. The van der Waals surface area contributed by atoms with Gasteiger partial charge in [0.05, 0.1) is 38.1 Å². The molecule has 8 nitrogen and oxygen atoms in total. The molecule has 1 aliphatic rings. The first-order chi connectivity index (χ1) is 16.6. The van der Waals surface area contributed by atoms with E-state index >= 15 is 0 Å². The van der Waals surface area contributed by atoms with Crippen LogP contribution in [-0.2, 0) is 4.74 Å². The molecular weight excluding hydrogens is 463 g/mol. The molecule has 3 aromatic rings. The minimum atomic E-state index is -0.485. The van der Waals surface area contributed by atoms with E-state index in [2.05, 4.69) is 20.2 Å². The number of rotatable bonds is 10. The van der Waals surface area contributed by atoms with Gasteiger partial charge in [0.25, 0.3) is 0 Å². The SMILES string of the molecule is COc1cc2c(Nc3ccc(Cl)cc3F)ncnc2cc1OCC(CCO)CN1CCOCC1. The maximum Gasteiger partial charge on any atom is 0.163 e. The molecule has 10 heteroatoms. The summed E-state index contributed by atoms with van der Waals surface area (Å²) in [6.07, 6.45) is 2.04. The van der Waals surface area contributed by atoms with Crippen molar-refractivity contribution in [2.45, 2.75) is 6.42 Å². The van der Waals surface area contributed by atoms with Crippen molar-refractivity contribution in [1.29, 1.82) is 0 Å². The van der Waals surface area contributed by atoms with E-state index in [9.17, 15) is 9.50 Å². The average Bonchev–Trinajstić information content (AvgIpc) is 2.84. The van der Waals surface area contributed by atoms with Crippen molar-refractivity contribution in [3.8, 4) is 11.5 Å². The summed E-state index contributed by atoms with van der Waals surface area (Å²) in [5.41, 5.74) is 0.869. The van der Waals surface area contributed by atoms with Gasteiger partial charge >= 0.3 is 0 Å². The number of methoxy groups -OCH3 is 1. The van der Waals surface area contributed by atoms with Crippen LogP contribution in [0, 0.1) is 11.7 Å². The molecule has 1 aliphatic heterocycles. The number of benzene rings is 2. The smallest absolute Gasteiger partial charge is 0.163 e. The van der Waals surface area contributed by atoms with Crippen molar-refractivity contribution in [3.63, 3.8) is 0 Å². The van der Waals surface area contributed by atoms with Gasteiger partial charge in [-0.05, 0) is 30.7 Å². The predicted molar refractivity (Wildman–Crippen MR) is 129 cm³/mol. The maximum absolute atomic E-state index is 14.3. The Kier molecular flexibility index (Phi) is 8.34. The summed E-state index contributed by atoms with van der Waals surface area (Å²) in [6, 6.07) is 7.94. The van der Waals surface area contributed by atoms with Gasteiger partial charge < -0.3 is 24.6 Å². The van der Waals surface area contributed by atoms with Crippen molar-refractivity contribution in [2.24, 2.45) is 5.92 Å². The Morgan fingerprint density at radius 1 is 1.21 bits per heavy atom. The van der Waals surface area contributed by atoms with Gasteiger partial charge in [0.2, 0.25) is 0 Å². The number of hydrogen-bond acceptors (Lipinski definition) is 8. The van der Waals surface area contributed by atoms with Crippen molar-refractivity contribution >= 4 is 34.0 Å². The van der Waals surface area contributed by atoms with E-state index in [1.165, 1.54) is 12.4 Å². The number of aliphatic hydroxyl groups is 1. The third kappa shape index (κ3) is 6.04. The van der Waals surface area contributed by atoms with E-state index in [0.29, 0.717) is 46.3 Å². The number of anilines is 2. The number of morpholine rings is 1. The number of nitrogens with one attached hydrogen (secondary N) is 1. The number of fused-ring (bicyclic) bond motifs is 1. The first kappa shape index (κ1) is 24.4. The monoisotopic (exact) mass is 490 g/mol. The topological polar surface area (TPSA) is 89.0 Å². The zero-order chi connectivity index (χ0) is 23.9. The molecule has 1 aromatic heterocycles. The Hall–Kier alpha value is -2.72. The third-order valence-corrected chi connectivity index (χ3v) is 5.97. The third-order valence-electron chi connectivity index (χ3n) is 5.74. The number of ether oxygens (including phenoxy) is 3. The molecule has 1 saturated heterocycles. The van der Waals surface area contributed by atoms with Gasteiger partial charge in [-0.15, -0.1) is 0 Å². The van der Waals surface area contributed by atoms with Gasteiger partial charge in [-0.2, -0.15) is 0 Å². The Morgan fingerprint density at radius 3 is 2.76 bits per heavy atom. The highest BCUT2D eigenvalue weighted by atomic mass is 35.5. The van der Waals surface area contributed by atoms with Gasteiger partial charge in [0.15, 0.2) is 11.5 Å². The fourth-order valence-corrected chi connectivity index (χ4v) is 4.08. The van der Waals surface area contributed by atoms with Crippen molar-refractivity contribution < 1.29 is 23.7 Å². The Labute approximate surface area is 202 Å². The van der Waals surface area contributed by atoms with Crippen molar-refractivity contribution in [2.75, 3.05) is 58.5 Å². The van der Waals surface area contributed by atoms with Crippen LogP contribution in [0.15, 0.2) is 36.7 Å². The number of halogens is 2. The Morgan fingerprint density at radius 2 is 2.03 bits per heavy atom. The normalized spacial score (nSPS) is 15.3. The molecular formula is C24H28ClFN4O4. The first-order valence-electron chi connectivity index (χ1n) is 11.2. The highest BCUT2D eigenvalue weighted by Crippen LogP contribution is 2.35. The number of nitrogens with zero attached hydrogens (tertiary/aromatic N) is 3. The van der Waals surface area contributed by atoms with Gasteiger partial charge in [-0.3, -0.25) is 4.90 Å². The molecule has 1 unspecified atom stereocenters. The molecule has 2 aromatic carbocycles. The summed E-state index contributed by atoms with van der Waals surface area (Å²) in [5.74, 6) is 1.15. The molecule has 1 fully saturated rings. The van der Waals surface area contributed by atoms with E-state index in [-0.39, 0.29) is 18.2 Å². The lowest BCUT2D eigenvalue weighted by molar-refractivity contribution is 0.0241. The fourth-order valence-electron chi connectivity index (χ4n) is 3.92. The molecule has 0 saturated carbocycles. The Bertz CT molecular complexity index is 1110. The minimum Gasteiger partial charge on any atom is -0.493 e. The fraction of sp³-hybridized carbons (Fsp3) is 0.417. The van der Waals surface area contributed by atoms with Crippen LogP contribution in [0.2, 0.25) is 5.02 Å². The lowest BCUT2D eigenvalue weighted by atomic mass is 10.1. The second kappa shape index (κ2) is 11.6. The molecule has 4 rings (SSSR count). The summed E-state index contributed by atoms with van der Waals surface area (Å²) in [7, 11) is 1.56. The number of aliphatic hydroxyl groups excluding tert-OH is 1. The lowest BCUT2D eigenvalue weighted by Crippen LogP contribution is -2.40. The van der Waals surface area contributed by atoms with Crippen LogP contribution in [0.1, 0.15) is 6.42 Å². The summed E-state index contributed by atoms with van der Waals surface area (Å²) in [6.45, 7) is 4.54. The number of aromatic nitrogens is 2. The average molecular weight is 491 g/mol. The molecule has 0 radical (unpaired) electrons. The molecule has 2 heterocycles. The Balaban J connectivity index is 1.53. The second-order valence-corrected chi connectivity index (χ2v) is 8.53. The van der Waals surface area contributed by atoms with Crippen LogP contribution in [0.25, 0.3) is 10.9 Å². The highest BCUT2D eigenvalue weighted by molar-refractivity contribution is 6.30. The van der Waals surface area contributed by atoms with Crippen LogP contribution in [0.4, 0.5) is 15.9 Å². The van der Waals surface area contributed by atoms with E-state index in [0.717, 1.165) is 32.8 Å². The van der Waals surface area contributed by atoms with E-state index in [1.807, 2.05) is 0 Å². The van der Waals surface area contributed by atoms with Crippen molar-refractivity contribution in [1.82, 2.24) is 14.9 Å². The largest absolute Gasteiger partial charge is 0.493 e. The molecule has 1 atom stereocenters. The molecule has 34 heavy (non-hydrogen) atoms. The van der Waals surface area contributed by atoms with Crippen LogP contribution in [0.5, 0.6) is 11.5 Å². The molecule has 2 N–H and O–H groups in total. The zero-order valence-electron chi connectivity index (χ0n) is 19.0. The van der Waals surface area contributed by atoms with E-state index in [1.54, 1.807) is 31.4 Å². The predicted octanol–water partition coefficient (Wildman–Crippen LogP) is 3.88. The second-order valence-electron chi connectivity index (χ2n) is 8.09. The summed E-state index contributed by atoms with van der Waals surface area (Å²) >= 11 is 5.85. The molecule has 0 amide bonds. The molecule has 182 valence electrons. The quantitative estimate of drug-likeness (QED) is 0.442. The van der Waals surface area contributed by atoms with Gasteiger partial charge in [0.1, 0.15) is 18.0 Å². The van der Waals surface area contributed by atoms with E-state index < -0.39 is 5.82 Å². The highest BCUT2D eigenvalue weighted by Gasteiger charge is 2.19. The van der Waals surface area contributed by atoms with Crippen molar-refractivity contribution in [3.05, 3.63) is 47.5 Å². The van der Waals surface area contributed by atoms with Gasteiger partial charge in [0, 0.05) is 48.6 Å². The van der Waals surface area contributed by atoms with Gasteiger partial charge in [-0.25, -0.2) is 14.4 Å². The van der Waals surface area contributed by atoms with Crippen LogP contribution >= 0.6 is 11.6 Å². The van der Waals surface area contributed by atoms with Crippen LogP contribution < -0.4 is 14.8 Å². The molecule has 0 bridgehead atoms. The van der Waals surface area contributed by atoms with Crippen LogP contribution in [-0.4, -0.2) is 73.1 Å². The summed E-state index contributed by atoms with van der Waals surface area (Å²) in [5, 5.41) is 13.5. The van der Waals surface area contributed by atoms with Gasteiger partial charge in [-0.1, -0.05) is 11.6 Å². The first-order valence-corrected chi connectivity index (χ1v) is 11.5. The number of hydrogen-bond donors (Lipinski definition) is 2. The standard InChI is InChI=1S/C24H28ClFN4O4/c1-32-22-11-18-21(27-15-28-24(18)29-20-3-2-17(25)10-19(20)26)12-23(22)34-14-16(4-7-31)13-30-5-8-33-9-6-30/h2-3,10-12,15-16,31H,4-9,13-14H2,1H3,(H,27,28,29). The maximum atomic E-state index is 14.3. The zero-order valence-corrected chi connectivity index (χ0v) is 19.7.